The molecule has 0 radical (unpaired) electrons. The summed E-state index contributed by atoms with van der Waals surface area (Å²) in [5, 5.41) is 9.60. The van der Waals surface area contributed by atoms with E-state index in [2.05, 4.69) is 67.4 Å². The molecule has 31 heavy (non-hydrogen) atoms. The number of aliphatic carboxylic acids is 1. The molecule has 0 bridgehead atoms. The van der Waals surface area contributed by atoms with Crippen molar-refractivity contribution in [2.75, 3.05) is 0 Å². The number of hydrogen-bond acceptors (Lipinski definition) is 3. The SMILES string of the molecule is CC(C)[C@H](N)C(=O)O.Cc1ccc2[nH]c3c(c2c1)CCCC3=N[C@@H](C)c1ccccc1. The Morgan fingerprint density at radius 1 is 1.10 bits per heavy atom. The molecular formula is C26H33N3O2. The highest BCUT2D eigenvalue weighted by molar-refractivity contribution is 6.06. The third-order valence-corrected chi connectivity index (χ3v) is 5.83. The Kier molecular flexibility index (Phi) is 7.29. The van der Waals surface area contributed by atoms with Crippen LogP contribution in [0.15, 0.2) is 53.5 Å². The van der Waals surface area contributed by atoms with Gasteiger partial charge in [-0.3, -0.25) is 9.79 Å². The Balaban J connectivity index is 0.000000293. The molecule has 1 aliphatic carbocycles. The first-order chi connectivity index (χ1) is 14.8. The van der Waals surface area contributed by atoms with Crippen LogP contribution in [0.5, 0.6) is 0 Å². The Morgan fingerprint density at radius 3 is 2.42 bits per heavy atom. The molecule has 0 amide bonds. The number of nitrogens with two attached hydrogens (primary N) is 1. The zero-order valence-electron chi connectivity index (χ0n) is 18.9. The lowest BCUT2D eigenvalue weighted by Crippen LogP contribution is -2.34. The van der Waals surface area contributed by atoms with Gasteiger partial charge >= 0.3 is 5.97 Å². The second kappa shape index (κ2) is 9.92. The molecule has 1 aromatic heterocycles. The molecule has 1 heterocycles. The van der Waals surface area contributed by atoms with Gasteiger partial charge in [-0.25, -0.2) is 0 Å². The van der Waals surface area contributed by atoms with Crippen molar-refractivity contribution >= 4 is 22.6 Å². The van der Waals surface area contributed by atoms with Crippen molar-refractivity contribution in [1.82, 2.24) is 4.98 Å². The predicted molar refractivity (Wildman–Crippen MR) is 128 cm³/mol. The van der Waals surface area contributed by atoms with Crippen molar-refractivity contribution in [3.8, 4) is 0 Å². The standard InChI is InChI=1S/C21H22N2.C5H11NO2/c1-14-11-12-19-18(13-14)17-9-6-10-20(21(17)23-19)22-15(2)16-7-4-3-5-8-16;1-3(2)4(6)5(7)8/h3-5,7-8,11-13,15,23H,6,9-10H2,1-2H3;3-4H,6H2,1-2H3,(H,7,8)/t15-;4-/m00/s1. The smallest absolute Gasteiger partial charge is 0.320 e. The average Bonchev–Trinajstić information content (AvgIpc) is 3.13. The molecule has 0 spiro atoms. The Bertz CT molecular complexity index is 1070. The van der Waals surface area contributed by atoms with E-state index in [0.29, 0.717) is 0 Å². The van der Waals surface area contributed by atoms with Gasteiger partial charge in [-0.05, 0) is 62.3 Å². The number of carboxylic acids is 1. The molecule has 2 aromatic carbocycles. The number of hydrogen-bond donors (Lipinski definition) is 3. The fraction of sp³-hybridized carbons (Fsp3) is 0.385. The number of fused-ring (bicyclic) bond motifs is 3. The van der Waals surface area contributed by atoms with E-state index in [1.165, 1.54) is 45.4 Å². The fourth-order valence-electron chi connectivity index (χ4n) is 3.88. The number of H-pyrrole nitrogens is 1. The van der Waals surface area contributed by atoms with Crippen molar-refractivity contribution in [3.63, 3.8) is 0 Å². The van der Waals surface area contributed by atoms with Gasteiger partial charge in [-0.1, -0.05) is 55.8 Å². The molecule has 4 rings (SSSR count). The van der Waals surface area contributed by atoms with Crippen LogP contribution in [0.2, 0.25) is 0 Å². The second-order valence-electron chi connectivity index (χ2n) is 8.65. The monoisotopic (exact) mass is 419 g/mol. The van der Waals surface area contributed by atoms with Gasteiger partial charge in [0.2, 0.25) is 0 Å². The summed E-state index contributed by atoms with van der Waals surface area (Å²) in [5.41, 5.74) is 12.9. The van der Waals surface area contributed by atoms with Gasteiger partial charge in [-0.15, -0.1) is 0 Å². The number of nitrogens with one attached hydrogen (secondary N) is 1. The third-order valence-electron chi connectivity index (χ3n) is 5.83. The van der Waals surface area contributed by atoms with E-state index in [9.17, 15) is 4.79 Å². The molecule has 5 nitrogen and oxygen atoms in total. The van der Waals surface area contributed by atoms with Crippen LogP contribution in [-0.4, -0.2) is 27.8 Å². The van der Waals surface area contributed by atoms with Crippen LogP contribution in [0.4, 0.5) is 0 Å². The zero-order valence-corrected chi connectivity index (χ0v) is 18.9. The van der Waals surface area contributed by atoms with Crippen LogP contribution in [0.25, 0.3) is 10.9 Å². The lowest BCUT2D eigenvalue weighted by molar-refractivity contribution is -0.139. The summed E-state index contributed by atoms with van der Waals surface area (Å²) in [5.74, 6) is -0.910. The summed E-state index contributed by atoms with van der Waals surface area (Å²) in [6.07, 6.45) is 3.40. The Labute approximate surface area is 184 Å². The number of nitrogens with zero attached hydrogens (tertiary/aromatic N) is 1. The molecule has 0 unspecified atom stereocenters. The highest BCUT2D eigenvalue weighted by Crippen LogP contribution is 2.31. The topological polar surface area (TPSA) is 91.5 Å². The number of aromatic nitrogens is 1. The minimum atomic E-state index is -0.931. The van der Waals surface area contributed by atoms with E-state index >= 15 is 0 Å². The molecular weight excluding hydrogens is 386 g/mol. The molecule has 4 N–H and O–H groups in total. The van der Waals surface area contributed by atoms with E-state index in [1.807, 2.05) is 0 Å². The molecule has 2 atom stereocenters. The number of aromatic amines is 1. The third kappa shape index (κ3) is 5.42. The van der Waals surface area contributed by atoms with Crippen LogP contribution in [0.3, 0.4) is 0 Å². The summed E-state index contributed by atoms with van der Waals surface area (Å²) in [6, 6.07) is 16.7. The lowest BCUT2D eigenvalue weighted by atomic mass is 9.93. The van der Waals surface area contributed by atoms with Crippen molar-refractivity contribution in [2.45, 2.75) is 59.0 Å². The lowest BCUT2D eigenvalue weighted by Gasteiger charge is -2.17. The van der Waals surface area contributed by atoms with E-state index in [4.69, 9.17) is 15.8 Å². The number of aliphatic imine (C=N–C) groups is 1. The van der Waals surface area contributed by atoms with E-state index < -0.39 is 12.0 Å². The van der Waals surface area contributed by atoms with E-state index in [-0.39, 0.29) is 12.0 Å². The number of carboxylic acid groups (broad SMARTS) is 1. The fourth-order valence-corrected chi connectivity index (χ4v) is 3.88. The van der Waals surface area contributed by atoms with Gasteiger partial charge in [0.05, 0.1) is 17.4 Å². The summed E-state index contributed by atoms with van der Waals surface area (Å²) in [4.78, 5) is 18.7. The molecule has 0 fully saturated rings. The molecule has 5 heteroatoms. The minimum absolute atomic E-state index is 0.0208. The largest absolute Gasteiger partial charge is 0.480 e. The second-order valence-corrected chi connectivity index (χ2v) is 8.65. The van der Waals surface area contributed by atoms with Gasteiger partial charge in [-0.2, -0.15) is 0 Å². The Hall–Kier alpha value is -2.92. The highest BCUT2D eigenvalue weighted by Gasteiger charge is 2.21. The summed E-state index contributed by atoms with van der Waals surface area (Å²) in [7, 11) is 0. The quantitative estimate of drug-likeness (QED) is 0.527. The maximum Gasteiger partial charge on any atom is 0.320 e. The summed E-state index contributed by atoms with van der Waals surface area (Å²) in [6.45, 7) is 7.90. The number of carbonyl (C=O) groups is 1. The molecule has 0 aliphatic heterocycles. The Morgan fingerprint density at radius 2 is 1.81 bits per heavy atom. The maximum absolute atomic E-state index is 10.0. The summed E-state index contributed by atoms with van der Waals surface area (Å²) >= 11 is 0. The van der Waals surface area contributed by atoms with Crippen LogP contribution >= 0.6 is 0 Å². The number of benzene rings is 2. The van der Waals surface area contributed by atoms with Crippen molar-refractivity contribution < 1.29 is 9.90 Å². The normalized spacial score (nSPS) is 16.5. The molecule has 0 saturated heterocycles. The van der Waals surface area contributed by atoms with Crippen molar-refractivity contribution in [2.24, 2.45) is 16.6 Å². The van der Waals surface area contributed by atoms with Gasteiger partial charge in [0, 0.05) is 10.9 Å². The first-order valence-electron chi connectivity index (χ1n) is 11.0. The first kappa shape index (κ1) is 22.8. The van der Waals surface area contributed by atoms with Gasteiger partial charge in [0.15, 0.2) is 0 Å². The number of aryl methyl sites for hydroxylation is 2. The van der Waals surface area contributed by atoms with Crippen LogP contribution in [-0.2, 0) is 11.2 Å². The van der Waals surface area contributed by atoms with Crippen molar-refractivity contribution in [3.05, 3.63) is 70.9 Å². The van der Waals surface area contributed by atoms with E-state index in [0.717, 1.165) is 12.8 Å². The highest BCUT2D eigenvalue weighted by atomic mass is 16.4. The van der Waals surface area contributed by atoms with Crippen molar-refractivity contribution in [1.29, 1.82) is 0 Å². The van der Waals surface area contributed by atoms with E-state index in [1.54, 1.807) is 13.8 Å². The van der Waals surface area contributed by atoms with Gasteiger partial charge < -0.3 is 15.8 Å². The van der Waals surface area contributed by atoms with Gasteiger partial charge in [0.25, 0.3) is 0 Å². The molecule has 1 aliphatic rings. The molecule has 164 valence electrons. The maximum atomic E-state index is 10.0. The number of rotatable bonds is 4. The molecule has 3 aromatic rings. The molecule has 0 saturated carbocycles. The van der Waals surface area contributed by atoms with Gasteiger partial charge in [0.1, 0.15) is 6.04 Å². The summed E-state index contributed by atoms with van der Waals surface area (Å²) < 4.78 is 0. The average molecular weight is 420 g/mol. The predicted octanol–water partition coefficient (Wildman–Crippen LogP) is 5.42. The van der Waals surface area contributed by atoms with Crippen LogP contribution in [0.1, 0.15) is 62.0 Å². The first-order valence-corrected chi connectivity index (χ1v) is 11.0. The minimum Gasteiger partial charge on any atom is -0.480 e. The van der Waals surface area contributed by atoms with Crippen LogP contribution < -0.4 is 5.73 Å². The van der Waals surface area contributed by atoms with Crippen LogP contribution in [0, 0.1) is 12.8 Å². The zero-order chi connectivity index (χ0) is 22.5.